The highest BCUT2D eigenvalue weighted by Crippen LogP contribution is 2.09. The first-order valence-corrected chi connectivity index (χ1v) is 5.08. The number of rotatable bonds is 5. The normalized spacial score (nSPS) is 10.0. The molecule has 17 heavy (non-hydrogen) atoms. The molecule has 1 N–H and O–H groups in total. The Balaban J connectivity index is 2.95. The van der Waals surface area contributed by atoms with Gasteiger partial charge in [-0.3, -0.25) is 14.3 Å². The molecule has 1 aromatic heterocycles. The largest absolute Gasteiger partial charge is 0.480 e. The second kappa shape index (κ2) is 5.29. The Hall–Kier alpha value is -2.11. The highest BCUT2D eigenvalue weighted by atomic mass is 16.4. The smallest absolute Gasteiger partial charge is 0.323 e. The lowest BCUT2D eigenvalue weighted by Crippen LogP contribution is -2.36. The van der Waals surface area contributed by atoms with Crippen LogP contribution in [0, 0.1) is 6.92 Å². The fourth-order valence-corrected chi connectivity index (χ4v) is 1.42. The van der Waals surface area contributed by atoms with Crippen molar-refractivity contribution in [1.29, 1.82) is 0 Å². The van der Waals surface area contributed by atoms with E-state index >= 15 is 0 Å². The summed E-state index contributed by atoms with van der Waals surface area (Å²) in [5.41, 5.74) is 1.12. The van der Waals surface area contributed by atoms with Gasteiger partial charge in [0.25, 0.3) is 5.91 Å². The Bertz CT molecular complexity index is 451. The van der Waals surface area contributed by atoms with Crippen LogP contribution in [0.3, 0.4) is 0 Å². The second-order valence-electron chi connectivity index (χ2n) is 3.64. The SMILES string of the molecule is C=CCN(CC(=O)O)C(=O)c1cnn(C)c1C. The molecule has 1 rings (SSSR count). The number of aryl methyl sites for hydroxylation is 1. The lowest BCUT2D eigenvalue weighted by Gasteiger charge is -2.18. The number of carbonyl (C=O) groups excluding carboxylic acids is 1. The van der Waals surface area contributed by atoms with Crippen LogP contribution in [0.4, 0.5) is 0 Å². The van der Waals surface area contributed by atoms with Gasteiger partial charge in [0.1, 0.15) is 6.54 Å². The van der Waals surface area contributed by atoms with Gasteiger partial charge in [-0.1, -0.05) is 6.08 Å². The van der Waals surface area contributed by atoms with Crippen LogP contribution in [0.15, 0.2) is 18.9 Å². The molecule has 0 saturated carbocycles. The lowest BCUT2D eigenvalue weighted by atomic mass is 10.2. The van der Waals surface area contributed by atoms with E-state index in [1.165, 1.54) is 17.2 Å². The van der Waals surface area contributed by atoms with Gasteiger partial charge in [-0.2, -0.15) is 5.10 Å². The molecule has 0 bridgehead atoms. The molecule has 0 aliphatic heterocycles. The van der Waals surface area contributed by atoms with Crippen molar-refractivity contribution >= 4 is 11.9 Å². The molecule has 6 nitrogen and oxygen atoms in total. The van der Waals surface area contributed by atoms with Crippen molar-refractivity contribution in [1.82, 2.24) is 14.7 Å². The molecule has 92 valence electrons. The fraction of sp³-hybridized carbons (Fsp3) is 0.364. The summed E-state index contributed by atoms with van der Waals surface area (Å²) in [6, 6.07) is 0. The third-order valence-electron chi connectivity index (χ3n) is 2.43. The summed E-state index contributed by atoms with van der Waals surface area (Å²) in [5, 5.41) is 12.7. The van der Waals surface area contributed by atoms with E-state index in [2.05, 4.69) is 11.7 Å². The monoisotopic (exact) mass is 237 g/mol. The summed E-state index contributed by atoms with van der Waals surface area (Å²) in [4.78, 5) is 23.9. The Morgan fingerprint density at radius 2 is 2.29 bits per heavy atom. The first kappa shape index (κ1) is 13.0. The molecule has 1 aromatic rings. The van der Waals surface area contributed by atoms with E-state index in [1.807, 2.05) is 0 Å². The Morgan fingerprint density at radius 3 is 2.71 bits per heavy atom. The van der Waals surface area contributed by atoms with Crippen molar-refractivity contribution in [2.75, 3.05) is 13.1 Å². The zero-order chi connectivity index (χ0) is 13.0. The minimum absolute atomic E-state index is 0.194. The number of amides is 1. The number of hydrogen-bond acceptors (Lipinski definition) is 3. The maximum absolute atomic E-state index is 12.1. The van der Waals surface area contributed by atoms with Crippen molar-refractivity contribution in [3.05, 3.63) is 30.1 Å². The van der Waals surface area contributed by atoms with Crippen molar-refractivity contribution < 1.29 is 14.7 Å². The average molecular weight is 237 g/mol. The van der Waals surface area contributed by atoms with Gasteiger partial charge in [-0.05, 0) is 6.92 Å². The van der Waals surface area contributed by atoms with Crippen LogP contribution in [0.5, 0.6) is 0 Å². The topological polar surface area (TPSA) is 75.4 Å². The minimum atomic E-state index is -1.05. The Labute approximate surface area is 99.1 Å². The molecule has 0 saturated heterocycles. The number of aliphatic carboxylic acids is 1. The number of aromatic nitrogens is 2. The standard InChI is InChI=1S/C11H15N3O3/c1-4-5-14(7-10(15)16)11(17)9-6-12-13(3)8(9)2/h4,6H,1,5,7H2,2-3H3,(H,15,16). The van der Waals surface area contributed by atoms with E-state index in [0.717, 1.165) is 0 Å². The van der Waals surface area contributed by atoms with Crippen LogP contribution in [0.2, 0.25) is 0 Å². The number of carboxylic acids is 1. The van der Waals surface area contributed by atoms with Gasteiger partial charge in [0, 0.05) is 19.3 Å². The lowest BCUT2D eigenvalue weighted by molar-refractivity contribution is -0.137. The van der Waals surface area contributed by atoms with Crippen LogP contribution in [0.25, 0.3) is 0 Å². The molecule has 1 heterocycles. The van der Waals surface area contributed by atoms with Gasteiger partial charge in [-0.15, -0.1) is 6.58 Å². The van der Waals surface area contributed by atoms with Crippen LogP contribution in [0.1, 0.15) is 16.1 Å². The van der Waals surface area contributed by atoms with Crippen molar-refractivity contribution in [3.63, 3.8) is 0 Å². The van der Waals surface area contributed by atoms with Crippen molar-refractivity contribution in [3.8, 4) is 0 Å². The highest BCUT2D eigenvalue weighted by Gasteiger charge is 2.20. The zero-order valence-corrected chi connectivity index (χ0v) is 9.88. The van der Waals surface area contributed by atoms with Crippen molar-refractivity contribution in [2.24, 2.45) is 7.05 Å². The predicted molar refractivity (Wildman–Crippen MR) is 61.7 cm³/mol. The molecule has 0 atom stereocenters. The zero-order valence-electron chi connectivity index (χ0n) is 9.88. The van der Waals surface area contributed by atoms with Crippen LogP contribution >= 0.6 is 0 Å². The third-order valence-corrected chi connectivity index (χ3v) is 2.43. The summed E-state index contributed by atoms with van der Waals surface area (Å²) < 4.78 is 1.57. The van der Waals surface area contributed by atoms with E-state index in [0.29, 0.717) is 11.3 Å². The maximum atomic E-state index is 12.1. The van der Waals surface area contributed by atoms with Gasteiger partial charge < -0.3 is 10.0 Å². The highest BCUT2D eigenvalue weighted by molar-refractivity contribution is 5.96. The summed E-state index contributed by atoms with van der Waals surface area (Å²) in [7, 11) is 1.72. The predicted octanol–water partition coefficient (Wildman–Crippen LogP) is 0.441. The molecule has 0 unspecified atom stereocenters. The van der Waals surface area contributed by atoms with Crippen LogP contribution in [-0.2, 0) is 11.8 Å². The van der Waals surface area contributed by atoms with Gasteiger partial charge in [-0.25, -0.2) is 0 Å². The number of carbonyl (C=O) groups is 2. The Kier molecular flexibility index (Phi) is 4.03. The van der Waals surface area contributed by atoms with Gasteiger partial charge in [0.15, 0.2) is 0 Å². The van der Waals surface area contributed by atoms with E-state index in [1.54, 1.807) is 18.7 Å². The molecule has 0 radical (unpaired) electrons. The molecular weight excluding hydrogens is 222 g/mol. The third kappa shape index (κ3) is 2.93. The number of nitrogens with zero attached hydrogens (tertiary/aromatic N) is 3. The first-order valence-electron chi connectivity index (χ1n) is 5.08. The van der Waals surface area contributed by atoms with E-state index in [-0.39, 0.29) is 19.0 Å². The van der Waals surface area contributed by atoms with Crippen molar-refractivity contribution in [2.45, 2.75) is 6.92 Å². The average Bonchev–Trinajstić information content (AvgIpc) is 2.58. The molecule has 1 amide bonds. The quantitative estimate of drug-likeness (QED) is 0.754. The van der Waals surface area contributed by atoms with Gasteiger partial charge >= 0.3 is 5.97 Å². The van der Waals surface area contributed by atoms with Gasteiger partial charge in [0.05, 0.1) is 11.8 Å². The summed E-state index contributed by atoms with van der Waals surface area (Å²) >= 11 is 0. The number of hydrogen-bond donors (Lipinski definition) is 1. The first-order chi connectivity index (χ1) is 7.97. The maximum Gasteiger partial charge on any atom is 0.323 e. The summed E-state index contributed by atoms with van der Waals surface area (Å²) in [5.74, 6) is -1.40. The molecule has 6 heteroatoms. The summed E-state index contributed by atoms with van der Waals surface area (Å²) in [6.45, 7) is 5.11. The van der Waals surface area contributed by atoms with Crippen LogP contribution < -0.4 is 0 Å². The molecule has 0 aliphatic carbocycles. The molecule has 0 aromatic carbocycles. The minimum Gasteiger partial charge on any atom is -0.480 e. The molecule has 0 aliphatic rings. The van der Waals surface area contributed by atoms with E-state index in [9.17, 15) is 9.59 Å². The summed E-state index contributed by atoms with van der Waals surface area (Å²) in [6.07, 6.45) is 2.93. The second-order valence-corrected chi connectivity index (χ2v) is 3.64. The van der Waals surface area contributed by atoms with Gasteiger partial charge in [0.2, 0.25) is 0 Å². The van der Waals surface area contributed by atoms with E-state index in [4.69, 9.17) is 5.11 Å². The molecule has 0 fully saturated rings. The fourth-order valence-electron chi connectivity index (χ4n) is 1.42. The van der Waals surface area contributed by atoms with Crippen LogP contribution in [-0.4, -0.2) is 44.8 Å². The van der Waals surface area contributed by atoms with E-state index < -0.39 is 5.97 Å². The molecule has 0 spiro atoms. The molecular formula is C11H15N3O3. The number of carboxylic acid groups (broad SMARTS) is 1. The Morgan fingerprint density at radius 1 is 1.65 bits per heavy atom.